The Bertz CT molecular complexity index is 937. The molecule has 1 aliphatic rings. The summed E-state index contributed by atoms with van der Waals surface area (Å²) in [6.07, 6.45) is -6.97. The van der Waals surface area contributed by atoms with E-state index in [1.54, 1.807) is 0 Å². The molecule has 0 heterocycles. The molecular formula is C20H20ClF6N3O. The number of carbonyl (C=O) groups is 1. The third-order valence-electron chi connectivity index (χ3n) is 4.88. The summed E-state index contributed by atoms with van der Waals surface area (Å²) in [4.78, 5) is 17.3. The molecule has 1 atom stereocenters. The molecule has 1 aliphatic carbocycles. The maximum atomic E-state index is 14.2. The van der Waals surface area contributed by atoms with Gasteiger partial charge in [0.2, 0.25) is 5.97 Å². The van der Waals surface area contributed by atoms with E-state index >= 15 is 0 Å². The van der Waals surface area contributed by atoms with Crippen molar-refractivity contribution in [1.29, 1.82) is 0 Å². The van der Waals surface area contributed by atoms with Crippen molar-refractivity contribution in [3.63, 3.8) is 0 Å². The summed E-state index contributed by atoms with van der Waals surface area (Å²) >= 11 is 6.05. The highest BCUT2D eigenvalue weighted by molar-refractivity contribution is 6.32. The first kappa shape index (κ1) is 24.8. The smallest absolute Gasteiger partial charge is 0.397 e. The highest BCUT2D eigenvalue weighted by Gasteiger charge is 2.41. The van der Waals surface area contributed by atoms with Gasteiger partial charge in [-0.25, -0.2) is 8.78 Å². The number of hydrogen-bond donors (Lipinski definition) is 1. The molecule has 31 heavy (non-hydrogen) atoms. The average molecular weight is 468 g/mol. The van der Waals surface area contributed by atoms with Gasteiger partial charge in [-0.2, -0.15) is 17.6 Å². The zero-order chi connectivity index (χ0) is 23.7. The fraction of sp³-hybridized carbons (Fsp3) is 0.400. The van der Waals surface area contributed by atoms with Crippen molar-refractivity contribution in [3.8, 4) is 0 Å². The number of benzene rings is 1. The lowest BCUT2D eigenvalue weighted by molar-refractivity contribution is -0.137. The summed E-state index contributed by atoms with van der Waals surface area (Å²) < 4.78 is 79.8. The maximum Gasteiger partial charge on any atom is 0.416 e. The van der Waals surface area contributed by atoms with Crippen molar-refractivity contribution in [2.75, 3.05) is 7.05 Å². The number of nitrogens with zero attached hydrogens (tertiary/aromatic N) is 2. The molecule has 0 saturated heterocycles. The van der Waals surface area contributed by atoms with Gasteiger partial charge in [-0.05, 0) is 49.1 Å². The van der Waals surface area contributed by atoms with Crippen molar-refractivity contribution >= 4 is 29.0 Å². The molecule has 0 aliphatic heterocycles. The second-order valence-corrected chi connectivity index (χ2v) is 7.39. The van der Waals surface area contributed by atoms with Crippen LogP contribution >= 0.6 is 11.6 Å². The number of amides is 1. The number of nitrogens with two attached hydrogens (primary N) is 1. The second-order valence-electron chi connectivity index (χ2n) is 6.98. The van der Waals surface area contributed by atoms with Crippen LogP contribution in [0.4, 0.5) is 26.3 Å². The zero-order valence-electron chi connectivity index (χ0n) is 16.6. The van der Waals surface area contributed by atoms with Crippen LogP contribution < -0.4 is 5.73 Å². The van der Waals surface area contributed by atoms with Crippen LogP contribution in [0.2, 0.25) is 5.02 Å². The van der Waals surface area contributed by atoms with E-state index < -0.39 is 53.4 Å². The van der Waals surface area contributed by atoms with Crippen molar-refractivity contribution in [1.82, 2.24) is 4.90 Å². The lowest BCUT2D eigenvalue weighted by Gasteiger charge is -2.32. The van der Waals surface area contributed by atoms with Crippen LogP contribution in [0.15, 0.2) is 41.0 Å². The van der Waals surface area contributed by atoms with Gasteiger partial charge < -0.3 is 10.6 Å². The molecule has 1 unspecified atom stereocenters. The first-order chi connectivity index (χ1) is 14.3. The van der Waals surface area contributed by atoms with E-state index in [1.807, 2.05) is 0 Å². The largest absolute Gasteiger partial charge is 0.416 e. The monoisotopic (exact) mass is 467 g/mol. The van der Waals surface area contributed by atoms with Crippen molar-refractivity contribution in [2.45, 2.75) is 44.5 Å². The van der Waals surface area contributed by atoms with Gasteiger partial charge in [0.15, 0.2) is 0 Å². The summed E-state index contributed by atoms with van der Waals surface area (Å²) in [7, 11) is 0.966. The predicted octanol–water partition coefficient (Wildman–Crippen LogP) is 5.23. The molecule has 1 amide bonds. The molecule has 1 aromatic carbocycles. The highest BCUT2D eigenvalue weighted by Crippen LogP contribution is 2.38. The standard InChI is InChI=1S/C20H20ClF6N3O/c1-9(13-8-11(20(25,26)27)4-7-14(13)21)10(2)30(12-5-6-12)19(31)15(18(24)29-3)16(28)17(22)23/h4,7-8,10,12,17H,1,5-6,28H2,2-3H3. The number of rotatable bonds is 7. The Hall–Kier alpha value is -2.49. The number of aliphatic imine (C=N–C) groups is 1. The summed E-state index contributed by atoms with van der Waals surface area (Å²) in [5.74, 6) is -2.62. The van der Waals surface area contributed by atoms with E-state index in [-0.39, 0.29) is 16.2 Å². The molecule has 11 heteroatoms. The molecular weight excluding hydrogens is 448 g/mol. The molecule has 0 aromatic heterocycles. The van der Waals surface area contributed by atoms with Gasteiger partial charge in [-0.3, -0.25) is 9.79 Å². The zero-order valence-corrected chi connectivity index (χ0v) is 17.4. The maximum absolute atomic E-state index is 14.2. The molecule has 1 fully saturated rings. The predicted molar refractivity (Wildman–Crippen MR) is 107 cm³/mol. The molecule has 0 radical (unpaired) electrons. The Morgan fingerprint density at radius 1 is 1.32 bits per heavy atom. The number of carbonyl (C=O) groups excluding carboxylic acids is 1. The van der Waals surface area contributed by atoms with E-state index in [0.29, 0.717) is 12.8 Å². The molecule has 2 N–H and O–H groups in total. The van der Waals surface area contributed by atoms with E-state index in [1.165, 1.54) is 6.92 Å². The Kier molecular flexibility index (Phi) is 7.46. The van der Waals surface area contributed by atoms with Gasteiger partial charge in [0.05, 0.1) is 17.3 Å². The van der Waals surface area contributed by atoms with Gasteiger partial charge in [0.25, 0.3) is 12.3 Å². The van der Waals surface area contributed by atoms with Gasteiger partial charge in [0, 0.05) is 18.1 Å². The summed E-state index contributed by atoms with van der Waals surface area (Å²) in [5, 5.41) is -0.0443. The molecule has 1 aromatic rings. The number of halogens is 7. The third-order valence-corrected chi connectivity index (χ3v) is 5.21. The topological polar surface area (TPSA) is 58.7 Å². The lowest BCUT2D eigenvalue weighted by atomic mass is 9.97. The first-order valence-corrected chi connectivity index (χ1v) is 9.48. The Labute approximate surface area is 180 Å². The highest BCUT2D eigenvalue weighted by atomic mass is 35.5. The Balaban J connectivity index is 2.50. The van der Waals surface area contributed by atoms with Crippen LogP contribution in [0.1, 0.15) is 30.9 Å². The van der Waals surface area contributed by atoms with E-state index in [2.05, 4.69) is 11.6 Å². The molecule has 0 spiro atoms. The minimum Gasteiger partial charge on any atom is -0.397 e. The average Bonchev–Trinajstić information content (AvgIpc) is 3.51. The fourth-order valence-electron chi connectivity index (χ4n) is 3.03. The minimum atomic E-state index is -4.64. The van der Waals surface area contributed by atoms with Gasteiger partial charge >= 0.3 is 6.18 Å². The van der Waals surface area contributed by atoms with Gasteiger partial charge in [-0.1, -0.05) is 18.2 Å². The Morgan fingerprint density at radius 2 is 1.90 bits per heavy atom. The quantitative estimate of drug-likeness (QED) is 0.339. The molecule has 4 nitrogen and oxygen atoms in total. The van der Waals surface area contributed by atoms with Crippen LogP contribution in [0.25, 0.3) is 5.57 Å². The van der Waals surface area contributed by atoms with Crippen LogP contribution in [-0.4, -0.2) is 42.3 Å². The van der Waals surface area contributed by atoms with Gasteiger partial charge in [0.1, 0.15) is 5.57 Å². The number of allylic oxidation sites excluding steroid dienone is 1. The van der Waals surface area contributed by atoms with E-state index in [0.717, 1.165) is 30.1 Å². The fourth-order valence-corrected chi connectivity index (χ4v) is 3.27. The first-order valence-electron chi connectivity index (χ1n) is 9.10. The summed E-state index contributed by atoms with van der Waals surface area (Å²) in [5.41, 5.74) is 1.88. The van der Waals surface area contributed by atoms with Crippen LogP contribution in [0.5, 0.6) is 0 Å². The van der Waals surface area contributed by atoms with Crippen LogP contribution in [0.3, 0.4) is 0 Å². The third kappa shape index (κ3) is 5.41. The van der Waals surface area contributed by atoms with E-state index in [9.17, 15) is 31.1 Å². The summed E-state index contributed by atoms with van der Waals surface area (Å²) in [6, 6.07) is 1.18. The molecule has 170 valence electrons. The van der Waals surface area contributed by atoms with Gasteiger partial charge in [-0.15, -0.1) is 0 Å². The van der Waals surface area contributed by atoms with E-state index in [4.69, 9.17) is 17.3 Å². The second kappa shape index (κ2) is 9.33. The lowest BCUT2D eigenvalue weighted by Crippen LogP contribution is -2.43. The molecule has 0 bridgehead atoms. The summed E-state index contributed by atoms with van der Waals surface area (Å²) in [6.45, 7) is 5.20. The number of alkyl halides is 5. The Morgan fingerprint density at radius 3 is 2.35 bits per heavy atom. The van der Waals surface area contributed by atoms with Crippen molar-refractivity contribution in [3.05, 3.63) is 52.2 Å². The normalized spacial score (nSPS) is 16.8. The number of hydrogen-bond acceptors (Lipinski definition) is 3. The molecule has 2 rings (SSSR count). The van der Waals surface area contributed by atoms with Crippen LogP contribution in [0, 0.1) is 0 Å². The van der Waals surface area contributed by atoms with Crippen molar-refractivity contribution < 1.29 is 31.1 Å². The SMILES string of the molecule is C=C(c1cc(C(F)(F)F)ccc1Cl)C(C)N(C(=O)C(C(F)=NC)=C(N)C(F)F)C1CC1. The van der Waals surface area contributed by atoms with Crippen LogP contribution in [-0.2, 0) is 11.0 Å². The van der Waals surface area contributed by atoms with Crippen molar-refractivity contribution in [2.24, 2.45) is 10.7 Å². The molecule has 1 saturated carbocycles. The minimum absolute atomic E-state index is 0.0279.